The van der Waals surface area contributed by atoms with Gasteiger partial charge in [0.2, 0.25) is 5.79 Å². The second-order valence-corrected chi connectivity index (χ2v) is 31.5. The molecule has 1 aromatic carbocycles. The number of anilines is 1. The predicted molar refractivity (Wildman–Crippen MR) is 157 cm³/mol. The largest absolute Gasteiger partial charge is 0.410 e. The Labute approximate surface area is 219 Å². The first-order valence-electron chi connectivity index (χ1n) is 12.8. The van der Waals surface area contributed by atoms with Crippen LogP contribution in [0.15, 0.2) is 30.3 Å². The average Bonchev–Trinajstić information content (AvgIpc) is 2.63. The van der Waals surface area contributed by atoms with Crippen LogP contribution in [0.1, 0.15) is 0 Å². The van der Waals surface area contributed by atoms with Gasteiger partial charge in [-0.05, 0) is 90.7 Å². The van der Waals surface area contributed by atoms with E-state index in [0.717, 1.165) is 5.69 Å². The van der Waals surface area contributed by atoms with Crippen molar-refractivity contribution in [2.45, 2.75) is 103 Å². The van der Waals surface area contributed by atoms with Gasteiger partial charge in [0.1, 0.15) is 12.2 Å². The van der Waals surface area contributed by atoms with Crippen LogP contribution in [0, 0.1) is 0 Å². The minimum Gasteiger partial charge on any atom is -0.410 e. The van der Waals surface area contributed by atoms with Crippen molar-refractivity contribution in [1.82, 2.24) is 0 Å². The first kappa shape index (κ1) is 30.9. The number of hydrogen-bond acceptors (Lipinski definition) is 6. The summed E-state index contributed by atoms with van der Waals surface area (Å²) in [5, 5.41) is 0. The van der Waals surface area contributed by atoms with Crippen molar-refractivity contribution in [2.24, 2.45) is 0 Å². The Kier molecular flexibility index (Phi) is 9.89. The topological polar surface area (TPSA) is 49.4 Å². The summed E-state index contributed by atoms with van der Waals surface area (Å²) in [4.78, 5) is 2.21. The minimum atomic E-state index is -2.05. The van der Waals surface area contributed by atoms with Crippen molar-refractivity contribution in [2.75, 3.05) is 25.1 Å². The maximum absolute atomic E-state index is 7.00. The summed E-state index contributed by atoms with van der Waals surface area (Å²) in [6, 6.07) is 10.4. The molecule has 1 fully saturated rings. The van der Waals surface area contributed by atoms with Gasteiger partial charge in [-0.25, -0.2) is 0 Å². The molecule has 1 aliphatic rings. The van der Waals surface area contributed by atoms with E-state index in [9.17, 15) is 0 Å². The second-order valence-electron chi connectivity index (χ2n) is 13.6. The first-order valence-corrected chi connectivity index (χ1v) is 26.5. The summed E-state index contributed by atoms with van der Waals surface area (Å²) < 4.78 is 34.4. The summed E-state index contributed by atoms with van der Waals surface area (Å²) in [7, 11) is -5.78. The van der Waals surface area contributed by atoms with E-state index < -0.39 is 45.2 Å². The van der Waals surface area contributed by atoms with Gasteiger partial charge in [-0.15, -0.1) is 0 Å². The van der Waals surface area contributed by atoms with Gasteiger partial charge in [0.25, 0.3) is 0 Å². The molecule has 0 amide bonds. The fraction of sp³-hybridized carbons (Fsp3) is 0.760. The normalized spacial score (nSPS) is 26.6. The monoisotopic (exact) mass is 557 g/mol. The van der Waals surface area contributed by atoms with Crippen LogP contribution in [-0.4, -0.2) is 77.6 Å². The van der Waals surface area contributed by atoms with Gasteiger partial charge < -0.3 is 27.3 Å². The molecule has 0 N–H and O–H groups in total. The van der Waals surface area contributed by atoms with Gasteiger partial charge >= 0.3 is 0 Å². The Morgan fingerprint density at radius 1 is 0.771 bits per heavy atom. The van der Waals surface area contributed by atoms with E-state index in [1.807, 2.05) is 6.07 Å². The molecule has 35 heavy (non-hydrogen) atoms. The number of hydrogen-bond donors (Lipinski definition) is 0. The number of nitrogens with zero attached hydrogens (tertiary/aromatic N) is 1. The number of ether oxygens (including phenoxy) is 1. The molecular formula is C25H51NO5Si4. The van der Waals surface area contributed by atoms with Crippen molar-refractivity contribution < 1.29 is 22.4 Å². The molecule has 0 aliphatic carbocycles. The summed E-state index contributed by atoms with van der Waals surface area (Å²) in [5.74, 6) is -0.959. The highest BCUT2D eigenvalue weighted by Crippen LogP contribution is 2.39. The van der Waals surface area contributed by atoms with E-state index in [2.05, 4.69) is 115 Å². The molecule has 1 heterocycles. The van der Waals surface area contributed by atoms with E-state index in [1.54, 1.807) is 0 Å². The summed E-state index contributed by atoms with van der Waals surface area (Å²) in [6.07, 6.45) is -0.835. The molecule has 1 aromatic rings. The zero-order valence-electron chi connectivity index (χ0n) is 24.5. The molecule has 0 aromatic heterocycles. The van der Waals surface area contributed by atoms with Gasteiger partial charge in [-0.1, -0.05) is 18.2 Å². The maximum Gasteiger partial charge on any atom is 0.205 e. The van der Waals surface area contributed by atoms with Crippen LogP contribution in [0.5, 0.6) is 0 Å². The molecule has 0 spiro atoms. The lowest BCUT2D eigenvalue weighted by Gasteiger charge is -2.55. The molecule has 0 saturated carbocycles. The molecule has 2 rings (SSSR count). The molecule has 1 saturated heterocycles. The van der Waals surface area contributed by atoms with E-state index >= 15 is 0 Å². The number of rotatable bonds is 11. The van der Waals surface area contributed by atoms with Gasteiger partial charge in [0, 0.05) is 12.7 Å². The minimum absolute atomic E-state index is 0.185. The highest BCUT2D eigenvalue weighted by atomic mass is 28.4. The maximum atomic E-state index is 7.00. The third kappa shape index (κ3) is 10.2. The van der Waals surface area contributed by atoms with E-state index in [-0.39, 0.29) is 12.2 Å². The van der Waals surface area contributed by atoms with Gasteiger partial charge in [-0.2, -0.15) is 0 Å². The Morgan fingerprint density at radius 3 is 1.74 bits per heavy atom. The Hall–Kier alpha value is -0.312. The summed E-state index contributed by atoms with van der Waals surface area (Å²) in [5.41, 5.74) is 1.12. The lowest BCUT2D eigenvalue weighted by molar-refractivity contribution is -0.297. The van der Waals surface area contributed by atoms with Gasteiger partial charge in [0.15, 0.2) is 33.3 Å². The molecule has 202 valence electrons. The Balaban J connectivity index is 2.63. The van der Waals surface area contributed by atoms with Crippen LogP contribution >= 0.6 is 0 Å². The van der Waals surface area contributed by atoms with E-state index in [4.69, 9.17) is 22.4 Å². The van der Waals surface area contributed by atoms with Crippen LogP contribution in [0.3, 0.4) is 0 Å². The van der Waals surface area contributed by atoms with E-state index in [1.165, 1.54) is 0 Å². The smallest absolute Gasteiger partial charge is 0.205 e. The fourth-order valence-corrected chi connectivity index (χ4v) is 8.92. The molecular weight excluding hydrogens is 507 g/mol. The van der Waals surface area contributed by atoms with Crippen LogP contribution in [0.2, 0.25) is 78.6 Å². The number of likely N-dealkylation sites (N-methyl/N-ethyl adjacent to an activating group) is 1. The summed E-state index contributed by atoms with van der Waals surface area (Å²) >= 11 is 0. The molecule has 6 nitrogen and oxygen atoms in total. The van der Waals surface area contributed by atoms with Crippen molar-refractivity contribution in [3.8, 4) is 0 Å². The number of benzene rings is 1. The third-order valence-electron chi connectivity index (χ3n) is 5.20. The van der Waals surface area contributed by atoms with E-state index in [0.29, 0.717) is 13.2 Å². The average molecular weight is 558 g/mol. The molecule has 0 radical (unpaired) electrons. The zero-order chi connectivity index (χ0) is 26.9. The second kappa shape index (κ2) is 11.2. The molecule has 4 atom stereocenters. The Bertz CT molecular complexity index is 801. The molecule has 10 heteroatoms. The van der Waals surface area contributed by atoms with Crippen molar-refractivity contribution >= 4 is 39.0 Å². The molecule has 1 aliphatic heterocycles. The van der Waals surface area contributed by atoms with Crippen molar-refractivity contribution in [1.29, 1.82) is 0 Å². The van der Waals surface area contributed by atoms with Gasteiger partial charge in [0.05, 0.1) is 19.3 Å². The highest BCUT2D eigenvalue weighted by Gasteiger charge is 2.57. The highest BCUT2D eigenvalue weighted by molar-refractivity contribution is 6.71. The van der Waals surface area contributed by atoms with Crippen LogP contribution in [0.25, 0.3) is 0 Å². The first-order chi connectivity index (χ1) is 15.7. The summed E-state index contributed by atoms with van der Waals surface area (Å²) in [6.45, 7) is 27.6. The fourth-order valence-electron chi connectivity index (χ4n) is 4.36. The third-order valence-corrected chi connectivity index (χ3v) is 9.11. The van der Waals surface area contributed by atoms with Crippen molar-refractivity contribution in [3.05, 3.63) is 30.3 Å². The predicted octanol–water partition coefficient (Wildman–Crippen LogP) is 6.36. The Morgan fingerprint density at radius 2 is 1.29 bits per heavy atom. The lowest BCUT2D eigenvalue weighted by atomic mass is 9.96. The SMILES string of the molecule is CN(CC1(O[Si](C)(C)C)OC[C@@H](O[Si](C)(C)C)[C@@H](O[Si](C)(C)C)[C@@H]1O[Si](C)(C)C)c1ccccc1. The standard InChI is InChI=1S/C25H51NO5Si4/c1-26(21-17-15-14-16-18-21)20-25(31-35(11,12)13)24(30-34(8,9)10)23(29-33(5,6)7)22(19-27-25)28-32(2,3)4/h14-18,22-24H,19-20H2,1-13H3/t22-,23-,24+,25?/m1/s1. The van der Waals surface area contributed by atoms with Crippen molar-refractivity contribution in [3.63, 3.8) is 0 Å². The number of para-hydroxylation sites is 1. The lowest BCUT2D eigenvalue weighted by Crippen LogP contribution is -2.72. The molecule has 0 bridgehead atoms. The zero-order valence-corrected chi connectivity index (χ0v) is 28.5. The van der Waals surface area contributed by atoms with Crippen LogP contribution < -0.4 is 4.90 Å². The van der Waals surface area contributed by atoms with Gasteiger partial charge in [-0.3, -0.25) is 0 Å². The molecule has 1 unspecified atom stereocenters. The quantitative estimate of drug-likeness (QED) is 0.295. The van der Waals surface area contributed by atoms with Crippen LogP contribution in [0.4, 0.5) is 5.69 Å². The van der Waals surface area contributed by atoms with Crippen LogP contribution in [-0.2, 0) is 22.4 Å².